The van der Waals surface area contributed by atoms with Crippen molar-refractivity contribution in [3.8, 4) is 5.75 Å². The van der Waals surface area contributed by atoms with Crippen molar-refractivity contribution in [2.24, 2.45) is 0 Å². The fraction of sp³-hybridized carbons (Fsp3) is 0.118. The second kappa shape index (κ2) is 7.79. The molecule has 0 aliphatic carbocycles. The van der Waals surface area contributed by atoms with Gasteiger partial charge in [0.05, 0.1) is 6.54 Å². The maximum Gasteiger partial charge on any atom is 0.244 e. The Morgan fingerprint density at radius 3 is 2.35 bits per heavy atom. The zero-order chi connectivity index (χ0) is 14.0. The standard InChI is InChI=1S/C17H17NO2/c19-17(12-11-15-7-3-1-4-8-15)18-13-14-20-16-9-5-2-6-10-16/h1-12H,13-14H2,(H,18,19). The van der Waals surface area contributed by atoms with Gasteiger partial charge < -0.3 is 10.1 Å². The number of hydrogen-bond acceptors (Lipinski definition) is 2. The van der Waals surface area contributed by atoms with E-state index >= 15 is 0 Å². The van der Waals surface area contributed by atoms with Gasteiger partial charge >= 0.3 is 0 Å². The summed E-state index contributed by atoms with van der Waals surface area (Å²) in [6.07, 6.45) is 3.31. The molecule has 2 aromatic carbocycles. The highest BCUT2D eigenvalue weighted by atomic mass is 16.5. The summed E-state index contributed by atoms with van der Waals surface area (Å²) < 4.78 is 5.48. The molecule has 1 amide bonds. The van der Waals surface area contributed by atoms with E-state index in [4.69, 9.17) is 4.74 Å². The van der Waals surface area contributed by atoms with Crippen molar-refractivity contribution in [3.63, 3.8) is 0 Å². The first-order valence-corrected chi connectivity index (χ1v) is 6.53. The van der Waals surface area contributed by atoms with Gasteiger partial charge in [-0.05, 0) is 23.8 Å². The van der Waals surface area contributed by atoms with Crippen LogP contribution in [0, 0.1) is 0 Å². The summed E-state index contributed by atoms with van der Waals surface area (Å²) in [6, 6.07) is 19.2. The van der Waals surface area contributed by atoms with Crippen LogP contribution in [0.2, 0.25) is 0 Å². The van der Waals surface area contributed by atoms with Crippen LogP contribution in [-0.4, -0.2) is 19.1 Å². The zero-order valence-electron chi connectivity index (χ0n) is 11.2. The smallest absolute Gasteiger partial charge is 0.244 e. The minimum Gasteiger partial charge on any atom is -0.492 e. The topological polar surface area (TPSA) is 38.3 Å². The van der Waals surface area contributed by atoms with Crippen molar-refractivity contribution in [2.75, 3.05) is 13.2 Å². The second-order valence-corrected chi connectivity index (χ2v) is 4.20. The number of ether oxygens (including phenoxy) is 1. The minimum atomic E-state index is -0.120. The molecule has 2 rings (SSSR count). The van der Waals surface area contributed by atoms with E-state index in [1.165, 1.54) is 6.08 Å². The molecule has 1 N–H and O–H groups in total. The molecule has 3 nitrogen and oxygen atoms in total. The first-order valence-electron chi connectivity index (χ1n) is 6.53. The lowest BCUT2D eigenvalue weighted by Crippen LogP contribution is -2.26. The van der Waals surface area contributed by atoms with E-state index in [-0.39, 0.29) is 5.91 Å². The lowest BCUT2D eigenvalue weighted by Gasteiger charge is -2.05. The summed E-state index contributed by atoms with van der Waals surface area (Å²) in [5, 5.41) is 2.77. The van der Waals surface area contributed by atoms with Crippen LogP contribution in [0.25, 0.3) is 6.08 Å². The summed E-state index contributed by atoms with van der Waals surface area (Å²) >= 11 is 0. The van der Waals surface area contributed by atoms with Gasteiger partial charge in [-0.15, -0.1) is 0 Å². The number of amides is 1. The van der Waals surface area contributed by atoms with Crippen molar-refractivity contribution >= 4 is 12.0 Å². The zero-order valence-corrected chi connectivity index (χ0v) is 11.2. The van der Waals surface area contributed by atoms with E-state index in [1.54, 1.807) is 6.08 Å². The molecule has 0 radical (unpaired) electrons. The van der Waals surface area contributed by atoms with E-state index in [9.17, 15) is 4.79 Å². The van der Waals surface area contributed by atoms with E-state index in [0.717, 1.165) is 11.3 Å². The van der Waals surface area contributed by atoms with E-state index in [1.807, 2.05) is 60.7 Å². The number of rotatable bonds is 6. The molecule has 0 unspecified atom stereocenters. The Kier molecular flexibility index (Phi) is 5.40. The summed E-state index contributed by atoms with van der Waals surface area (Å²) in [5.41, 5.74) is 1.00. The van der Waals surface area contributed by atoms with Crippen molar-refractivity contribution in [1.29, 1.82) is 0 Å². The number of hydrogen-bond donors (Lipinski definition) is 1. The average Bonchev–Trinajstić information content (AvgIpc) is 2.52. The highest BCUT2D eigenvalue weighted by molar-refractivity contribution is 5.91. The molecule has 0 saturated heterocycles. The average molecular weight is 267 g/mol. The highest BCUT2D eigenvalue weighted by Gasteiger charge is 1.95. The molecule has 0 aromatic heterocycles. The molecule has 0 aliphatic heterocycles. The molecule has 3 heteroatoms. The van der Waals surface area contributed by atoms with Crippen LogP contribution in [0.15, 0.2) is 66.7 Å². The molecule has 0 aliphatic rings. The largest absolute Gasteiger partial charge is 0.492 e. The molecule has 0 heterocycles. The minimum absolute atomic E-state index is 0.120. The Morgan fingerprint density at radius 1 is 1.00 bits per heavy atom. The summed E-state index contributed by atoms with van der Waals surface area (Å²) in [7, 11) is 0. The molecule has 0 saturated carbocycles. The summed E-state index contributed by atoms with van der Waals surface area (Å²) in [6.45, 7) is 0.932. The van der Waals surface area contributed by atoms with Crippen LogP contribution < -0.4 is 10.1 Å². The van der Waals surface area contributed by atoms with Gasteiger partial charge in [0.2, 0.25) is 5.91 Å². The van der Waals surface area contributed by atoms with Crippen molar-refractivity contribution in [1.82, 2.24) is 5.32 Å². The maximum absolute atomic E-state index is 11.6. The molecular weight excluding hydrogens is 250 g/mol. The Morgan fingerprint density at radius 2 is 1.65 bits per heavy atom. The third-order valence-corrected chi connectivity index (χ3v) is 2.64. The Hall–Kier alpha value is -2.55. The van der Waals surface area contributed by atoms with Gasteiger partial charge in [0.1, 0.15) is 12.4 Å². The number of carbonyl (C=O) groups is 1. The van der Waals surface area contributed by atoms with Crippen LogP contribution >= 0.6 is 0 Å². The van der Waals surface area contributed by atoms with Crippen molar-refractivity contribution in [3.05, 3.63) is 72.3 Å². The molecule has 0 fully saturated rings. The van der Waals surface area contributed by atoms with Crippen LogP contribution in [0.1, 0.15) is 5.56 Å². The van der Waals surface area contributed by atoms with Gasteiger partial charge in [-0.1, -0.05) is 48.5 Å². The number of nitrogens with one attached hydrogen (secondary N) is 1. The Balaban J connectivity index is 1.67. The van der Waals surface area contributed by atoms with Gasteiger partial charge in [0.15, 0.2) is 0 Å². The van der Waals surface area contributed by atoms with E-state index in [2.05, 4.69) is 5.32 Å². The van der Waals surface area contributed by atoms with E-state index < -0.39 is 0 Å². The molecule has 0 bridgehead atoms. The monoisotopic (exact) mass is 267 g/mol. The predicted octanol–water partition coefficient (Wildman–Crippen LogP) is 2.90. The van der Waals surface area contributed by atoms with Crippen LogP contribution in [0.3, 0.4) is 0 Å². The van der Waals surface area contributed by atoms with Crippen molar-refractivity contribution < 1.29 is 9.53 Å². The van der Waals surface area contributed by atoms with Gasteiger partial charge in [0, 0.05) is 6.08 Å². The second-order valence-electron chi connectivity index (χ2n) is 4.20. The van der Waals surface area contributed by atoms with Crippen molar-refractivity contribution in [2.45, 2.75) is 0 Å². The molecule has 102 valence electrons. The number of carbonyl (C=O) groups excluding carboxylic acids is 1. The molecule has 20 heavy (non-hydrogen) atoms. The predicted molar refractivity (Wildman–Crippen MR) is 80.4 cm³/mol. The fourth-order valence-corrected chi connectivity index (χ4v) is 1.65. The third-order valence-electron chi connectivity index (χ3n) is 2.64. The third kappa shape index (κ3) is 4.98. The number of benzene rings is 2. The SMILES string of the molecule is O=C(C=Cc1ccccc1)NCCOc1ccccc1. The van der Waals surface area contributed by atoms with Gasteiger partial charge in [-0.2, -0.15) is 0 Å². The molecule has 0 spiro atoms. The molecular formula is C17H17NO2. The van der Waals surface area contributed by atoms with Gasteiger partial charge in [-0.3, -0.25) is 4.79 Å². The fourth-order valence-electron chi connectivity index (χ4n) is 1.65. The Bertz CT molecular complexity index is 550. The number of para-hydroxylation sites is 1. The summed E-state index contributed by atoms with van der Waals surface area (Å²) in [5.74, 6) is 0.687. The first-order chi connectivity index (χ1) is 9.84. The normalized spacial score (nSPS) is 10.4. The lowest BCUT2D eigenvalue weighted by atomic mass is 10.2. The van der Waals surface area contributed by atoms with Crippen LogP contribution in [-0.2, 0) is 4.79 Å². The molecule has 2 aromatic rings. The maximum atomic E-state index is 11.6. The quantitative estimate of drug-likeness (QED) is 0.645. The Labute approximate surface area is 118 Å². The van der Waals surface area contributed by atoms with Gasteiger partial charge in [0.25, 0.3) is 0 Å². The highest BCUT2D eigenvalue weighted by Crippen LogP contribution is 2.07. The van der Waals surface area contributed by atoms with Crippen LogP contribution in [0.5, 0.6) is 5.75 Å². The summed E-state index contributed by atoms with van der Waals surface area (Å²) in [4.78, 5) is 11.6. The van der Waals surface area contributed by atoms with Gasteiger partial charge in [-0.25, -0.2) is 0 Å². The van der Waals surface area contributed by atoms with Crippen LogP contribution in [0.4, 0.5) is 0 Å². The van der Waals surface area contributed by atoms with E-state index in [0.29, 0.717) is 13.2 Å². The lowest BCUT2D eigenvalue weighted by molar-refractivity contribution is -0.116. The first kappa shape index (κ1) is 13.9. The molecule has 0 atom stereocenters.